The standard InChI is InChI=1S/C18H27NO4/c1-3-5-12-23-17(20)19-11-7-10-18(21,14-19)15-8-6-9-16(13-15)22-4-2/h6,8-9,13,21H,3-5,7,10-12,14H2,1-2H3. The van der Waals surface area contributed by atoms with Crippen molar-refractivity contribution in [3.8, 4) is 5.75 Å². The molecule has 23 heavy (non-hydrogen) atoms. The molecule has 1 heterocycles. The van der Waals surface area contributed by atoms with E-state index in [1.165, 1.54) is 0 Å². The van der Waals surface area contributed by atoms with Gasteiger partial charge in [-0.25, -0.2) is 4.79 Å². The molecule has 1 atom stereocenters. The Balaban J connectivity index is 2.06. The van der Waals surface area contributed by atoms with Crippen LogP contribution >= 0.6 is 0 Å². The van der Waals surface area contributed by atoms with E-state index in [0.29, 0.717) is 26.2 Å². The normalized spacial score (nSPS) is 21.1. The molecule has 1 aliphatic rings. The fraction of sp³-hybridized carbons (Fsp3) is 0.611. The van der Waals surface area contributed by atoms with Crippen molar-refractivity contribution in [2.45, 2.75) is 45.1 Å². The van der Waals surface area contributed by atoms with E-state index < -0.39 is 5.60 Å². The van der Waals surface area contributed by atoms with Gasteiger partial charge in [0.15, 0.2) is 0 Å². The van der Waals surface area contributed by atoms with E-state index in [4.69, 9.17) is 9.47 Å². The predicted molar refractivity (Wildman–Crippen MR) is 88.6 cm³/mol. The minimum absolute atomic E-state index is 0.257. The third-order valence-corrected chi connectivity index (χ3v) is 4.13. The van der Waals surface area contributed by atoms with Gasteiger partial charge in [0.05, 0.1) is 19.8 Å². The summed E-state index contributed by atoms with van der Waals surface area (Å²) >= 11 is 0. The van der Waals surface area contributed by atoms with Crippen molar-refractivity contribution >= 4 is 6.09 Å². The Morgan fingerprint density at radius 3 is 2.96 bits per heavy atom. The number of β-amino-alcohol motifs (C(OH)–C–C–N with tert-alkyl or cyclic N) is 1. The quantitative estimate of drug-likeness (QED) is 0.817. The molecule has 0 bridgehead atoms. The smallest absolute Gasteiger partial charge is 0.409 e. The highest BCUT2D eigenvalue weighted by Gasteiger charge is 2.37. The maximum atomic E-state index is 12.1. The van der Waals surface area contributed by atoms with E-state index in [2.05, 4.69) is 6.92 Å². The molecule has 0 saturated carbocycles. The first-order valence-corrected chi connectivity index (χ1v) is 8.46. The summed E-state index contributed by atoms with van der Waals surface area (Å²) in [5.74, 6) is 0.737. The molecule has 0 radical (unpaired) electrons. The number of piperidine rings is 1. The lowest BCUT2D eigenvalue weighted by molar-refractivity contribution is -0.0342. The van der Waals surface area contributed by atoms with E-state index in [9.17, 15) is 9.90 Å². The first-order valence-electron chi connectivity index (χ1n) is 8.46. The Hall–Kier alpha value is -1.75. The summed E-state index contributed by atoms with van der Waals surface area (Å²) in [6.45, 7) is 5.88. The zero-order valence-corrected chi connectivity index (χ0v) is 14.1. The number of amides is 1. The fourth-order valence-corrected chi connectivity index (χ4v) is 2.86. The highest BCUT2D eigenvalue weighted by molar-refractivity contribution is 5.68. The van der Waals surface area contributed by atoms with Crippen LogP contribution < -0.4 is 4.74 Å². The molecule has 128 valence electrons. The number of likely N-dealkylation sites (tertiary alicyclic amines) is 1. The summed E-state index contributed by atoms with van der Waals surface area (Å²) in [7, 11) is 0. The molecule has 0 aliphatic carbocycles. The predicted octanol–water partition coefficient (Wildman–Crippen LogP) is 3.31. The van der Waals surface area contributed by atoms with Crippen LogP contribution in [0, 0.1) is 0 Å². The van der Waals surface area contributed by atoms with Gasteiger partial charge in [0, 0.05) is 6.54 Å². The second-order valence-corrected chi connectivity index (χ2v) is 5.99. The molecule has 1 saturated heterocycles. The number of benzene rings is 1. The first kappa shape index (κ1) is 17.6. The van der Waals surface area contributed by atoms with Gasteiger partial charge in [0.1, 0.15) is 11.4 Å². The monoisotopic (exact) mass is 321 g/mol. The van der Waals surface area contributed by atoms with Crippen molar-refractivity contribution in [2.75, 3.05) is 26.3 Å². The molecule has 1 aromatic carbocycles. The highest BCUT2D eigenvalue weighted by atomic mass is 16.6. The lowest BCUT2D eigenvalue weighted by Crippen LogP contribution is -2.48. The van der Waals surface area contributed by atoms with Crippen LogP contribution in [0.4, 0.5) is 4.79 Å². The Bertz CT molecular complexity index is 519. The number of ether oxygens (including phenoxy) is 2. The third-order valence-electron chi connectivity index (χ3n) is 4.13. The van der Waals surface area contributed by atoms with Crippen molar-refractivity contribution in [3.05, 3.63) is 29.8 Å². The molecule has 5 heteroatoms. The lowest BCUT2D eigenvalue weighted by atomic mass is 9.86. The van der Waals surface area contributed by atoms with Gasteiger partial charge < -0.3 is 19.5 Å². The van der Waals surface area contributed by atoms with Gasteiger partial charge in [0.25, 0.3) is 0 Å². The molecule has 0 aromatic heterocycles. The van der Waals surface area contributed by atoms with Crippen LogP contribution in [-0.2, 0) is 10.3 Å². The van der Waals surface area contributed by atoms with Crippen LogP contribution in [-0.4, -0.2) is 42.4 Å². The Labute approximate surface area is 138 Å². The lowest BCUT2D eigenvalue weighted by Gasteiger charge is -2.39. The third kappa shape index (κ3) is 4.61. The van der Waals surface area contributed by atoms with Crippen LogP contribution in [0.5, 0.6) is 5.75 Å². The van der Waals surface area contributed by atoms with Crippen molar-refractivity contribution in [3.63, 3.8) is 0 Å². The number of aliphatic hydroxyl groups is 1. The van der Waals surface area contributed by atoms with Gasteiger partial charge in [-0.05, 0) is 43.9 Å². The van der Waals surface area contributed by atoms with Crippen LogP contribution in [0.3, 0.4) is 0 Å². The van der Waals surface area contributed by atoms with Gasteiger partial charge in [-0.1, -0.05) is 25.5 Å². The maximum absolute atomic E-state index is 12.1. The van der Waals surface area contributed by atoms with Gasteiger partial charge in [-0.2, -0.15) is 0 Å². The van der Waals surface area contributed by atoms with Crippen molar-refractivity contribution in [2.24, 2.45) is 0 Å². The van der Waals surface area contributed by atoms with Crippen molar-refractivity contribution in [1.29, 1.82) is 0 Å². The number of carbonyl (C=O) groups excluding carboxylic acids is 1. The molecule has 1 aromatic rings. The zero-order valence-electron chi connectivity index (χ0n) is 14.1. The van der Waals surface area contributed by atoms with Crippen LogP contribution in [0.2, 0.25) is 0 Å². The van der Waals surface area contributed by atoms with E-state index in [0.717, 1.165) is 30.6 Å². The number of carbonyl (C=O) groups is 1. The molecule has 1 unspecified atom stereocenters. The second kappa shape index (κ2) is 8.20. The van der Waals surface area contributed by atoms with Gasteiger partial charge in [-0.3, -0.25) is 0 Å². The number of hydrogen-bond donors (Lipinski definition) is 1. The number of rotatable bonds is 6. The van der Waals surface area contributed by atoms with Crippen LogP contribution in [0.25, 0.3) is 0 Å². The summed E-state index contributed by atoms with van der Waals surface area (Å²) in [5, 5.41) is 11.0. The van der Waals surface area contributed by atoms with E-state index in [1.54, 1.807) is 4.90 Å². The summed E-state index contributed by atoms with van der Waals surface area (Å²) in [5.41, 5.74) is -0.260. The van der Waals surface area contributed by atoms with E-state index >= 15 is 0 Å². The molecule has 0 spiro atoms. The molecular formula is C18H27NO4. The average Bonchev–Trinajstić information content (AvgIpc) is 2.56. The topological polar surface area (TPSA) is 59.0 Å². The van der Waals surface area contributed by atoms with Crippen LogP contribution in [0.15, 0.2) is 24.3 Å². The molecular weight excluding hydrogens is 294 g/mol. The van der Waals surface area contributed by atoms with Crippen LogP contribution in [0.1, 0.15) is 45.1 Å². The Morgan fingerprint density at radius 1 is 1.39 bits per heavy atom. The summed E-state index contributed by atoms with van der Waals surface area (Å²) in [6.07, 6.45) is 2.89. The Kier molecular flexibility index (Phi) is 6.28. The molecule has 1 amide bonds. The van der Waals surface area contributed by atoms with Gasteiger partial charge in [0.2, 0.25) is 0 Å². The van der Waals surface area contributed by atoms with Crippen molar-refractivity contribution < 1.29 is 19.4 Å². The molecule has 1 N–H and O–H groups in total. The fourth-order valence-electron chi connectivity index (χ4n) is 2.86. The molecule has 5 nitrogen and oxygen atoms in total. The van der Waals surface area contributed by atoms with Gasteiger partial charge in [-0.15, -0.1) is 0 Å². The maximum Gasteiger partial charge on any atom is 0.409 e. The molecule has 1 fully saturated rings. The SMILES string of the molecule is CCCCOC(=O)N1CCCC(O)(c2cccc(OCC)c2)C1. The average molecular weight is 321 g/mol. The number of nitrogens with zero attached hydrogens (tertiary/aromatic N) is 1. The zero-order chi connectivity index (χ0) is 16.7. The minimum atomic E-state index is -1.05. The van der Waals surface area contributed by atoms with Crippen molar-refractivity contribution in [1.82, 2.24) is 4.90 Å². The molecule has 2 rings (SSSR count). The first-order chi connectivity index (χ1) is 11.1. The number of unbranched alkanes of at least 4 members (excludes halogenated alkanes) is 1. The highest BCUT2D eigenvalue weighted by Crippen LogP contribution is 2.33. The largest absolute Gasteiger partial charge is 0.494 e. The number of hydrogen-bond acceptors (Lipinski definition) is 4. The van der Waals surface area contributed by atoms with Gasteiger partial charge >= 0.3 is 6.09 Å². The van der Waals surface area contributed by atoms with E-state index in [-0.39, 0.29) is 12.6 Å². The summed E-state index contributed by atoms with van der Waals surface area (Å²) < 4.78 is 10.8. The Morgan fingerprint density at radius 2 is 2.22 bits per heavy atom. The second-order valence-electron chi connectivity index (χ2n) is 5.99. The summed E-state index contributed by atoms with van der Waals surface area (Å²) in [4.78, 5) is 13.7. The summed E-state index contributed by atoms with van der Waals surface area (Å²) in [6, 6.07) is 7.48. The molecule has 1 aliphatic heterocycles. The minimum Gasteiger partial charge on any atom is -0.494 e. The van der Waals surface area contributed by atoms with E-state index in [1.807, 2.05) is 31.2 Å².